The van der Waals surface area contributed by atoms with Crippen molar-refractivity contribution in [3.05, 3.63) is 45.7 Å². The van der Waals surface area contributed by atoms with E-state index in [9.17, 15) is 4.79 Å². The summed E-state index contributed by atoms with van der Waals surface area (Å²) in [4.78, 5) is 14.8. The van der Waals surface area contributed by atoms with Crippen LogP contribution < -0.4 is 11.1 Å². The molecule has 1 unspecified atom stereocenters. The number of rotatable bonds is 4. The molecule has 24 heavy (non-hydrogen) atoms. The third-order valence-electron chi connectivity index (χ3n) is 4.11. The number of ether oxygens (including phenoxy) is 1. The van der Waals surface area contributed by atoms with Gasteiger partial charge >= 0.3 is 0 Å². The number of nitrogens with two attached hydrogens (primary N) is 1. The molecule has 0 radical (unpaired) electrons. The summed E-state index contributed by atoms with van der Waals surface area (Å²) in [5.41, 5.74) is 8.33. The van der Waals surface area contributed by atoms with Crippen LogP contribution >= 0.6 is 23.1 Å². The zero-order valence-corrected chi connectivity index (χ0v) is 15.6. The average Bonchev–Trinajstić information content (AvgIpc) is 2.86. The lowest BCUT2D eigenvalue weighted by molar-refractivity contribution is -0.114. The van der Waals surface area contributed by atoms with E-state index in [2.05, 4.69) is 24.0 Å². The zero-order valence-electron chi connectivity index (χ0n) is 14.0. The Morgan fingerprint density at radius 2 is 2.33 bits per heavy atom. The van der Waals surface area contributed by atoms with Gasteiger partial charge in [-0.3, -0.25) is 4.79 Å². The van der Waals surface area contributed by atoms with Crippen LogP contribution in [0.5, 0.6) is 0 Å². The maximum absolute atomic E-state index is 11.6. The quantitative estimate of drug-likeness (QED) is 0.848. The van der Waals surface area contributed by atoms with Crippen LogP contribution in [0.15, 0.2) is 29.7 Å². The average molecular weight is 363 g/mol. The first-order valence-electron chi connectivity index (χ1n) is 7.91. The van der Waals surface area contributed by atoms with E-state index < -0.39 is 0 Å². The lowest BCUT2D eigenvalue weighted by atomic mass is 9.95. The number of hydrogen-bond acceptors (Lipinski definition) is 5. The van der Waals surface area contributed by atoms with Crippen LogP contribution in [0.1, 0.15) is 36.3 Å². The number of amides is 1. The highest BCUT2D eigenvalue weighted by Gasteiger charge is 2.29. The van der Waals surface area contributed by atoms with Crippen LogP contribution in [0, 0.1) is 0 Å². The van der Waals surface area contributed by atoms with E-state index in [0.717, 1.165) is 33.2 Å². The maximum atomic E-state index is 11.6. The second-order valence-corrected chi connectivity index (χ2v) is 8.54. The van der Waals surface area contributed by atoms with Crippen molar-refractivity contribution in [2.75, 3.05) is 11.9 Å². The standard InChI is InChI=1S/C18H22N2O2S2/c1-11(23-15-6-4-5-8-18(15,3)19)16-13-7-9-22-10-14(13)24-17(16)20-12(2)21/h4-6H,1,7-10,19H2,2-3H3,(H,20,21). The Kier molecular flexibility index (Phi) is 5.01. The molecular weight excluding hydrogens is 340 g/mol. The third kappa shape index (κ3) is 3.52. The summed E-state index contributed by atoms with van der Waals surface area (Å²) >= 11 is 3.19. The Morgan fingerprint density at radius 1 is 1.54 bits per heavy atom. The SMILES string of the molecule is C=C(SC1=CC=CCC1(C)N)c1c(NC(C)=O)sc2c1CCOC2. The number of anilines is 1. The van der Waals surface area contributed by atoms with Gasteiger partial charge in [0.1, 0.15) is 5.00 Å². The largest absolute Gasteiger partial charge is 0.376 e. The molecule has 1 amide bonds. The summed E-state index contributed by atoms with van der Waals surface area (Å²) in [5, 5.41) is 3.82. The molecule has 1 aliphatic carbocycles. The molecule has 3 rings (SSSR count). The van der Waals surface area contributed by atoms with Crippen molar-refractivity contribution < 1.29 is 9.53 Å². The zero-order chi connectivity index (χ0) is 17.3. The molecule has 0 fully saturated rings. The van der Waals surface area contributed by atoms with Gasteiger partial charge in [-0.2, -0.15) is 0 Å². The van der Waals surface area contributed by atoms with Gasteiger partial charge in [-0.05, 0) is 25.3 Å². The number of carbonyl (C=O) groups excluding carboxylic acids is 1. The highest BCUT2D eigenvalue weighted by Crippen LogP contribution is 2.47. The minimum atomic E-state index is -0.379. The number of hydrogen-bond donors (Lipinski definition) is 2. The van der Waals surface area contributed by atoms with Gasteiger partial charge in [-0.25, -0.2) is 0 Å². The van der Waals surface area contributed by atoms with Crippen molar-refractivity contribution in [2.45, 2.75) is 38.8 Å². The highest BCUT2D eigenvalue weighted by atomic mass is 32.2. The minimum Gasteiger partial charge on any atom is -0.376 e. The fraction of sp³-hybridized carbons (Fsp3) is 0.389. The monoisotopic (exact) mass is 362 g/mol. The van der Waals surface area contributed by atoms with E-state index in [4.69, 9.17) is 10.5 Å². The minimum absolute atomic E-state index is 0.0722. The molecule has 3 N–H and O–H groups in total. The Bertz CT molecular complexity index is 744. The predicted molar refractivity (Wildman–Crippen MR) is 103 cm³/mol. The first kappa shape index (κ1) is 17.5. The molecule has 2 aliphatic rings. The van der Waals surface area contributed by atoms with Crippen molar-refractivity contribution >= 4 is 38.9 Å². The van der Waals surface area contributed by atoms with E-state index in [0.29, 0.717) is 13.2 Å². The summed E-state index contributed by atoms with van der Waals surface area (Å²) in [6, 6.07) is 0. The van der Waals surface area contributed by atoms with E-state index >= 15 is 0 Å². The smallest absolute Gasteiger partial charge is 0.221 e. The molecule has 128 valence electrons. The van der Waals surface area contributed by atoms with Gasteiger partial charge in [0, 0.05) is 32.7 Å². The Morgan fingerprint density at radius 3 is 3.04 bits per heavy atom. The van der Waals surface area contributed by atoms with Crippen molar-refractivity contribution in [3.63, 3.8) is 0 Å². The van der Waals surface area contributed by atoms with E-state index in [1.165, 1.54) is 17.4 Å². The van der Waals surface area contributed by atoms with E-state index in [1.54, 1.807) is 23.1 Å². The van der Waals surface area contributed by atoms with Crippen LogP contribution in [-0.2, 0) is 22.6 Å². The van der Waals surface area contributed by atoms with Crippen LogP contribution in [-0.4, -0.2) is 18.1 Å². The molecule has 1 aromatic heterocycles. The second-order valence-electron chi connectivity index (χ2n) is 6.30. The molecule has 1 aromatic rings. The van der Waals surface area contributed by atoms with E-state index in [-0.39, 0.29) is 11.4 Å². The predicted octanol–water partition coefficient (Wildman–Crippen LogP) is 4.04. The first-order chi connectivity index (χ1) is 11.4. The molecule has 0 aromatic carbocycles. The lowest BCUT2D eigenvalue weighted by Crippen LogP contribution is -2.37. The van der Waals surface area contributed by atoms with Crippen molar-refractivity contribution in [3.8, 4) is 0 Å². The van der Waals surface area contributed by atoms with Gasteiger partial charge < -0.3 is 15.8 Å². The van der Waals surface area contributed by atoms with Crippen LogP contribution in [0.2, 0.25) is 0 Å². The van der Waals surface area contributed by atoms with Crippen LogP contribution in [0.4, 0.5) is 5.00 Å². The molecule has 2 heterocycles. The Labute approximate surface area is 150 Å². The Hall–Kier alpha value is -1.34. The molecule has 6 heteroatoms. The molecular formula is C18H22N2O2S2. The Balaban J connectivity index is 1.94. The third-order valence-corrected chi connectivity index (χ3v) is 6.50. The highest BCUT2D eigenvalue weighted by molar-refractivity contribution is 8.11. The van der Waals surface area contributed by atoms with Crippen molar-refractivity contribution in [1.82, 2.24) is 0 Å². The molecule has 0 saturated heterocycles. The summed E-state index contributed by atoms with van der Waals surface area (Å²) in [6.07, 6.45) is 7.83. The molecule has 0 spiro atoms. The van der Waals surface area contributed by atoms with Gasteiger partial charge in [0.2, 0.25) is 5.91 Å². The van der Waals surface area contributed by atoms with Crippen LogP contribution in [0.25, 0.3) is 4.91 Å². The fourth-order valence-electron chi connectivity index (χ4n) is 2.87. The number of thiophene rings is 1. The summed E-state index contributed by atoms with van der Waals surface area (Å²) < 4.78 is 5.55. The topological polar surface area (TPSA) is 64.3 Å². The fourth-order valence-corrected chi connectivity index (χ4v) is 5.25. The van der Waals surface area contributed by atoms with E-state index in [1.807, 2.05) is 13.0 Å². The van der Waals surface area contributed by atoms with Gasteiger partial charge in [-0.1, -0.05) is 36.6 Å². The number of fused-ring (bicyclic) bond motifs is 1. The summed E-state index contributed by atoms with van der Waals surface area (Å²) in [7, 11) is 0. The number of allylic oxidation sites excluding steroid dienone is 2. The van der Waals surface area contributed by atoms with Gasteiger partial charge in [0.25, 0.3) is 0 Å². The lowest BCUT2D eigenvalue weighted by Gasteiger charge is -2.29. The number of thioether (sulfide) groups is 1. The summed E-state index contributed by atoms with van der Waals surface area (Å²) in [5.74, 6) is -0.0722. The summed E-state index contributed by atoms with van der Waals surface area (Å²) in [6.45, 7) is 9.16. The molecule has 0 saturated carbocycles. The van der Waals surface area contributed by atoms with Gasteiger partial charge in [0.05, 0.1) is 13.2 Å². The molecule has 4 nitrogen and oxygen atoms in total. The maximum Gasteiger partial charge on any atom is 0.221 e. The van der Waals surface area contributed by atoms with Gasteiger partial charge in [-0.15, -0.1) is 11.3 Å². The second kappa shape index (κ2) is 6.88. The van der Waals surface area contributed by atoms with Crippen molar-refractivity contribution in [2.24, 2.45) is 5.73 Å². The number of nitrogens with one attached hydrogen (secondary N) is 1. The van der Waals surface area contributed by atoms with Crippen LogP contribution in [0.3, 0.4) is 0 Å². The first-order valence-corrected chi connectivity index (χ1v) is 9.55. The molecule has 1 atom stereocenters. The molecule has 0 bridgehead atoms. The van der Waals surface area contributed by atoms with Crippen molar-refractivity contribution in [1.29, 1.82) is 0 Å². The van der Waals surface area contributed by atoms with Gasteiger partial charge in [0.15, 0.2) is 0 Å². The molecule has 1 aliphatic heterocycles. The normalized spacial score (nSPS) is 22.7. The number of carbonyl (C=O) groups is 1.